The SMILES string of the molecule is CC[C@@H](NC(=O)c1ccncc1)C12CC3CC(CC(C3)C1)C2. The second-order valence-electron chi connectivity index (χ2n) is 7.95. The van der Waals surface area contributed by atoms with Gasteiger partial charge in [-0.2, -0.15) is 0 Å². The van der Waals surface area contributed by atoms with Gasteiger partial charge < -0.3 is 5.32 Å². The van der Waals surface area contributed by atoms with Crippen LogP contribution in [0.2, 0.25) is 0 Å². The minimum absolute atomic E-state index is 0.0741. The summed E-state index contributed by atoms with van der Waals surface area (Å²) in [5.74, 6) is 2.86. The second-order valence-corrected chi connectivity index (χ2v) is 7.95. The van der Waals surface area contributed by atoms with Gasteiger partial charge in [0.25, 0.3) is 5.91 Å². The number of carbonyl (C=O) groups is 1. The molecule has 0 aromatic carbocycles. The monoisotopic (exact) mass is 298 g/mol. The summed E-state index contributed by atoms with van der Waals surface area (Å²) < 4.78 is 0. The summed E-state index contributed by atoms with van der Waals surface area (Å²) in [6, 6.07) is 3.95. The Bertz CT molecular complexity index is 519. The zero-order valence-electron chi connectivity index (χ0n) is 13.4. The lowest BCUT2D eigenvalue weighted by atomic mass is 9.47. The van der Waals surface area contributed by atoms with Crippen molar-refractivity contribution in [2.45, 2.75) is 57.9 Å². The first-order chi connectivity index (χ1) is 10.7. The average Bonchev–Trinajstić information content (AvgIpc) is 2.51. The summed E-state index contributed by atoms with van der Waals surface area (Å²) in [4.78, 5) is 16.6. The first-order valence-corrected chi connectivity index (χ1v) is 8.89. The molecule has 1 heterocycles. The average molecular weight is 298 g/mol. The van der Waals surface area contributed by atoms with Crippen molar-refractivity contribution in [1.29, 1.82) is 0 Å². The third-order valence-corrected chi connectivity index (χ3v) is 6.48. The van der Waals surface area contributed by atoms with Gasteiger partial charge in [0, 0.05) is 24.0 Å². The third-order valence-electron chi connectivity index (χ3n) is 6.48. The van der Waals surface area contributed by atoms with Gasteiger partial charge in [0.2, 0.25) is 0 Å². The Morgan fingerprint density at radius 3 is 2.23 bits per heavy atom. The van der Waals surface area contributed by atoms with Crippen molar-refractivity contribution in [3.63, 3.8) is 0 Å². The smallest absolute Gasteiger partial charge is 0.251 e. The molecule has 4 aliphatic rings. The van der Waals surface area contributed by atoms with Gasteiger partial charge in [-0.25, -0.2) is 0 Å². The van der Waals surface area contributed by atoms with Gasteiger partial charge in [-0.1, -0.05) is 6.92 Å². The Hall–Kier alpha value is -1.38. The number of hydrogen-bond donors (Lipinski definition) is 1. The van der Waals surface area contributed by atoms with Crippen LogP contribution in [0, 0.1) is 23.2 Å². The lowest BCUT2D eigenvalue weighted by Gasteiger charge is -2.59. The fourth-order valence-corrected chi connectivity index (χ4v) is 6.04. The summed E-state index contributed by atoms with van der Waals surface area (Å²) in [6.07, 6.45) is 12.8. The summed E-state index contributed by atoms with van der Waals surface area (Å²) in [6.45, 7) is 2.23. The Balaban J connectivity index is 1.53. The molecule has 1 aromatic rings. The topological polar surface area (TPSA) is 42.0 Å². The molecule has 0 radical (unpaired) electrons. The van der Waals surface area contributed by atoms with E-state index in [1.54, 1.807) is 12.4 Å². The molecular formula is C19H26N2O. The van der Waals surface area contributed by atoms with Gasteiger partial charge >= 0.3 is 0 Å². The number of nitrogens with one attached hydrogen (secondary N) is 1. The maximum absolute atomic E-state index is 12.6. The first-order valence-electron chi connectivity index (χ1n) is 8.89. The number of hydrogen-bond acceptors (Lipinski definition) is 2. The first kappa shape index (κ1) is 14.2. The minimum Gasteiger partial charge on any atom is -0.349 e. The van der Waals surface area contributed by atoms with Crippen molar-refractivity contribution in [2.24, 2.45) is 23.2 Å². The van der Waals surface area contributed by atoms with E-state index in [0.29, 0.717) is 11.5 Å². The molecule has 22 heavy (non-hydrogen) atoms. The maximum atomic E-state index is 12.6. The maximum Gasteiger partial charge on any atom is 0.251 e. The van der Waals surface area contributed by atoms with Crippen LogP contribution in [0.5, 0.6) is 0 Å². The molecule has 3 heteroatoms. The quantitative estimate of drug-likeness (QED) is 0.918. The van der Waals surface area contributed by atoms with Crippen LogP contribution in [0.1, 0.15) is 62.2 Å². The summed E-state index contributed by atoms with van der Waals surface area (Å²) >= 11 is 0. The van der Waals surface area contributed by atoms with Crippen LogP contribution in [-0.2, 0) is 0 Å². The van der Waals surface area contributed by atoms with Crippen molar-refractivity contribution in [3.05, 3.63) is 30.1 Å². The van der Waals surface area contributed by atoms with Crippen LogP contribution in [-0.4, -0.2) is 16.9 Å². The lowest BCUT2D eigenvalue weighted by Crippen LogP contribution is -2.56. The second kappa shape index (κ2) is 5.36. The lowest BCUT2D eigenvalue weighted by molar-refractivity contribution is -0.0727. The molecule has 1 atom stereocenters. The highest BCUT2D eigenvalue weighted by molar-refractivity contribution is 5.94. The number of rotatable bonds is 4. The minimum atomic E-state index is 0.0741. The van der Waals surface area contributed by atoms with Crippen LogP contribution in [0.4, 0.5) is 0 Å². The number of amides is 1. The van der Waals surface area contributed by atoms with Crippen LogP contribution in [0.3, 0.4) is 0 Å². The molecule has 4 fully saturated rings. The number of pyridine rings is 1. The number of nitrogens with zero attached hydrogens (tertiary/aromatic N) is 1. The molecule has 1 N–H and O–H groups in total. The summed E-state index contributed by atoms with van der Waals surface area (Å²) in [5, 5.41) is 3.37. The van der Waals surface area contributed by atoms with Crippen molar-refractivity contribution < 1.29 is 4.79 Å². The molecule has 118 valence electrons. The van der Waals surface area contributed by atoms with Crippen molar-refractivity contribution in [1.82, 2.24) is 10.3 Å². The molecular weight excluding hydrogens is 272 g/mol. The fraction of sp³-hybridized carbons (Fsp3) is 0.684. The predicted octanol–water partition coefficient (Wildman–Crippen LogP) is 3.81. The molecule has 4 aliphatic carbocycles. The Kier molecular flexibility index (Phi) is 3.47. The van der Waals surface area contributed by atoms with Gasteiger partial charge in [0.15, 0.2) is 0 Å². The van der Waals surface area contributed by atoms with E-state index in [9.17, 15) is 4.79 Å². The van der Waals surface area contributed by atoms with E-state index in [-0.39, 0.29) is 5.91 Å². The van der Waals surface area contributed by atoms with Gasteiger partial charge in [-0.3, -0.25) is 9.78 Å². The van der Waals surface area contributed by atoms with E-state index in [4.69, 9.17) is 0 Å². The zero-order valence-corrected chi connectivity index (χ0v) is 13.4. The molecule has 0 spiro atoms. The van der Waals surface area contributed by atoms with E-state index < -0.39 is 0 Å². The predicted molar refractivity (Wildman–Crippen MR) is 86.4 cm³/mol. The van der Waals surface area contributed by atoms with Gasteiger partial charge in [-0.05, 0) is 80.2 Å². The third kappa shape index (κ3) is 2.35. The zero-order chi connectivity index (χ0) is 15.2. The van der Waals surface area contributed by atoms with Crippen LogP contribution >= 0.6 is 0 Å². The highest BCUT2D eigenvalue weighted by Crippen LogP contribution is 2.61. The van der Waals surface area contributed by atoms with Gasteiger partial charge in [-0.15, -0.1) is 0 Å². The molecule has 0 unspecified atom stereocenters. The standard InChI is InChI=1S/C19H26N2O/c1-2-17(21-18(22)16-3-5-20-6-4-16)19-10-13-7-14(11-19)9-15(8-13)12-19/h3-6,13-15,17H,2,7-12H2,1H3,(H,21,22)/t13?,14?,15?,17-,19?/m1/s1. The molecule has 4 bridgehead atoms. The van der Waals surface area contributed by atoms with Gasteiger partial charge in [0.05, 0.1) is 0 Å². The van der Waals surface area contributed by atoms with E-state index >= 15 is 0 Å². The van der Waals surface area contributed by atoms with Crippen molar-refractivity contribution in [2.75, 3.05) is 0 Å². The Morgan fingerprint density at radius 1 is 1.18 bits per heavy atom. The molecule has 1 amide bonds. The van der Waals surface area contributed by atoms with Crippen molar-refractivity contribution >= 4 is 5.91 Å². The van der Waals surface area contributed by atoms with E-state index in [2.05, 4.69) is 17.2 Å². The molecule has 0 saturated heterocycles. The van der Waals surface area contributed by atoms with Gasteiger partial charge in [0.1, 0.15) is 0 Å². The van der Waals surface area contributed by atoms with E-state index in [1.807, 2.05) is 12.1 Å². The Morgan fingerprint density at radius 2 is 1.73 bits per heavy atom. The summed E-state index contributed by atoms with van der Waals surface area (Å²) in [5.41, 5.74) is 1.12. The van der Waals surface area contributed by atoms with Crippen LogP contribution in [0.25, 0.3) is 0 Å². The number of aromatic nitrogens is 1. The highest BCUT2D eigenvalue weighted by atomic mass is 16.1. The molecule has 5 rings (SSSR count). The van der Waals surface area contributed by atoms with E-state index in [0.717, 1.165) is 29.7 Å². The fourth-order valence-electron chi connectivity index (χ4n) is 6.04. The van der Waals surface area contributed by atoms with Crippen LogP contribution < -0.4 is 5.32 Å². The van der Waals surface area contributed by atoms with Crippen molar-refractivity contribution in [3.8, 4) is 0 Å². The Labute approximate surface area is 132 Å². The molecule has 3 nitrogen and oxygen atoms in total. The molecule has 4 saturated carbocycles. The normalized spacial score (nSPS) is 37.0. The summed E-state index contributed by atoms with van der Waals surface area (Å²) in [7, 11) is 0. The molecule has 1 aromatic heterocycles. The highest BCUT2D eigenvalue weighted by Gasteiger charge is 2.53. The molecule has 0 aliphatic heterocycles. The van der Waals surface area contributed by atoms with Crippen LogP contribution in [0.15, 0.2) is 24.5 Å². The number of carbonyl (C=O) groups excluding carboxylic acids is 1. The van der Waals surface area contributed by atoms with E-state index in [1.165, 1.54) is 38.5 Å². The largest absolute Gasteiger partial charge is 0.349 e.